The lowest BCUT2D eigenvalue weighted by molar-refractivity contribution is 0.415. The van der Waals surface area contributed by atoms with Crippen LogP contribution in [0.5, 0.6) is 5.75 Å². The SMILES string of the molecule is COc1ccc2c(=O)c(CCC#N)c(C)[nH]c2c1. The van der Waals surface area contributed by atoms with Gasteiger partial charge in [0.15, 0.2) is 5.43 Å². The minimum absolute atomic E-state index is 0.000784. The maximum atomic E-state index is 12.3. The van der Waals surface area contributed by atoms with Crippen LogP contribution in [0.1, 0.15) is 17.7 Å². The Morgan fingerprint density at radius 2 is 2.22 bits per heavy atom. The number of aromatic nitrogens is 1. The highest BCUT2D eigenvalue weighted by Gasteiger charge is 2.09. The van der Waals surface area contributed by atoms with Crippen LogP contribution < -0.4 is 10.2 Å². The van der Waals surface area contributed by atoms with Crippen molar-refractivity contribution in [3.05, 3.63) is 39.7 Å². The van der Waals surface area contributed by atoms with Crippen LogP contribution in [0.2, 0.25) is 0 Å². The third-order valence-electron chi connectivity index (χ3n) is 3.01. The first-order chi connectivity index (χ1) is 8.67. The van der Waals surface area contributed by atoms with E-state index in [9.17, 15) is 4.79 Å². The smallest absolute Gasteiger partial charge is 0.192 e. The van der Waals surface area contributed by atoms with Crippen molar-refractivity contribution in [2.75, 3.05) is 7.11 Å². The van der Waals surface area contributed by atoms with Crippen LogP contribution >= 0.6 is 0 Å². The number of fused-ring (bicyclic) bond motifs is 1. The molecular formula is C14H14N2O2. The lowest BCUT2D eigenvalue weighted by Gasteiger charge is -2.07. The summed E-state index contributed by atoms with van der Waals surface area (Å²) >= 11 is 0. The lowest BCUT2D eigenvalue weighted by Crippen LogP contribution is -2.13. The van der Waals surface area contributed by atoms with Crippen LogP contribution in [0.25, 0.3) is 10.9 Å². The molecule has 1 N–H and O–H groups in total. The highest BCUT2D eigenvalue weighted by atomic mass is 16.5. The summed E-state index contributed by atoms with van der Waals surface area (Å²) in [6.45, 7) is 1.85. The van der Waals surface area contributed by atoms with Crippen molar-refractivity contribution >= 4 is 10.9 Å². The first-order valence-corrected chi connectivity index (χ1v) is 5.74. The third-order valence-corrected chi connectivity index (χ3v) is 3.01. The Hall–Kier alpha value is -2.28. The number of pyridine rings is 1. The minimum Gasteiger partial charge on any atom is -0.497 e. The molecule has 0 atom stereocenters. The fourth-order valence-electron chi connectivity index (χ4n) is 2.04. The van der Waals surface area contributed by atoms with Gasteiger partial charge in [-0.2, -0.15) is 5.26 Å². The minimum atomic E-state index is -0.000784. The molecule has 0 bridgehead atoms. The van der Waals surface area contributed by atoms with Gasteiger partial charge in [-0.25, -0.2) is 0 Å². The topological polar surface area (TPSA) is 65.9 Å². The average Bonchev–Trinajstić information content (AvgIpc) is 2.38. The van der Waals surface area contributed by atoms with E-state index >= 15 is 0 Å². The van der Waals surface area contributed by atoms with Crippen molar-refractivity contribution in [3.63, 3.8) is 0 Å². The van der Waals surface area contributed by atoms with E-state index in [1.54, 1.807) is 25.3 Å². The molecular weight excluding hydrogens is 228 g/mol. The van der Waals surface area contributed by atoms with E-state index in [-0.39, 0.29) is 5.43 Å². The van der Waals surface area contributed by atoms with Crippen molar-refractivity contribution < 1.29 is 4.74 Å². The number of nitriles is 1. The number of ether oxygens (including phenoxy) is 1. The molecule has 4 heteroatoms. The number of aromatic amines is 1. The Morgan fingerprint density at radius 3 is 2.89 bits per heavy atom. The van der Waals surface area contributed by atoms with Crippen LogP contribution in [0, 0.1) is 18.3 Å². The number of aryl methyl sites for hydroxylation is 1. The van der Waals surface area contributed by atoms with E-state index in [4.69, 9.17) is 10.00 Å². The molecule has 0 fully saturated rings. The molecule has 18 heavy (non-hydrogen) atoms. The zero-order valence-electron chi connectivity index (χ0n) is 10.4. The fourth-order valence-corrected chi connectivity index (χ4v) is 2.04. The number of nitrogens with one attached hydrogen (secondary N) is 1. The summed E-state index contributed by atoms with van der Waals surface area (Å²) in [6, 6.07) is 7.38. The molecule has 0 aliphatic carbocycles. The number of H-pyrrole nitrogens is 1. The van der Waals surface area contributed by atoms with Gasteiger partial charge in [-0.05, 0) is 25.5 Å². The highest BCUT2D eigenvalue weighted by Crippen LogP contribution is 2.18. The van der Waals surface area contributed by atoms with Gasteiger partial charge in [0.05, 0.1) is 18.7 Å². The van der Waals surface area contributed by atoms with E-state index in [0.29, 0.717) is 29.5 Å². The van der Waals surface area contributed by atoms with Gasteiger partial charge in [0.2, 0.25) is 0 Å². The molecule has 92 valence electrons. The maximum absolute atomic E-state index is 12.3. The Morgan fingerprint density at radius 1 is 1.44 bits per heavy atom. The van der Waals surface area contributed by atoms with Gasteiger partial charge in [0.25, 0.3) is 0 Å². The monoisotopic (exact) mass is 242 g/mol. The summed E-state index contributed by atoms with van der Waals surface area (Å²) in [4.78, 5) is 15.5. The predicted molar refractivity (Wildman–Crippen MR) is 69.8 cm³/mol. The van der Waals surface area contributed by atoms with Crippen LogP contribution in [0.15, 0.2) is 23.0 Å². The molecule has 0 saturated carbocycles. The predicted octanol–water partition coefficient (Wildman–Crippen LogP) is 2.30. The van der Waals surface area contributed by atoms with E-state index in [2.05, 4.69) is 11.1 Å². The van der Waals surface area contributed by atoms with Gasteiger partial charge in [-0.3, -0.25) is 4.79 Å². The molecule has 1 aromatic carbocycles. The molecule has 1 heterocycles. The summed E-state index contributed by atoms with van der Waals surface area (Å²) in [6.07, 6.45) is 0.839. The molecule has 0 spiro atoms. The van der Waals surface area contributed by atoms with Crippen molar-refractivity contribution in [1.29, 1.82) is 5.26 Å². The molecule has 2 rings (SSSR count). The first kappa shape index (κ1) is 12.2. The summed E-state index contributed by atoms with van der Waals surface area (Å²) < 4.78 is 5.13. The molecule has 0 aliphatic heterocycles. The second kappa shape index (κ2) is 4.92. The number of rotatable bonds is 3. The summed E-state index contributed by atoms with van der Waals surface area (Å²) in [5.74, 6) is 0.710. The standard InChI is InChI=1S/C14H14N2O2/c1-9-11(4-3-7-15)14(17)12-6-5-10(18-2)8-13(12)16-9/h5-6,8H,3-4H2,1-2H3,(H,16,17). The summed E-state index contributed by atoms with van der Waals surface area (Å²) in [5.41, 5.74) is 2.27. The molecule has 0 radical (unpaired) electrons. The van der Waals surface area contributed by atoms with E-state index in [0.717, 1.165) is 11.2 Å². The Balaban J connectivity index is 2.64. The second-order valence-corrected chi connectivity index (χ2v) is 4.13. The van der Waals surface area contributed by atoms with Crippen molar-refractivity contribution in [3.8, 4) is 11.8 Å². The average molecular weight is 242 g/mol. The summed E-state index contributed by atoms with van der Waals surface area (Å²) in [5, 5.41) is 9.25. The Kier molecular flexibility index (Phi) is 3.33. The van der Waals surface area contributed by atoms with Gasteiger partial charge in [-0.15, -0.1) is 0 Å². The van der Waals surface area contributed by atoms with Crippen molar-refractivity contribution in [2.24, 2.45) is 0 Å². The van der Waals surface area contributed by atoms with Crippen molar-refractivity contribution in [2.45, 2.75) is 19.8 Å². The number of nitrogens with zero attached hydrogens (tertiary/aromatic N) is 1. The van der Waals surface area contributed by atoms with Gasteiger partial charge in [0, 0.05) is 29.1 Å². The van der Waals surface area contributed by atoms with E-state index < -0.39 is 0 Å². The number of methoxy groups -OCH3 is 1. The van der Waals surface area contributed by atoms with E-state index in [1.807, 2.05) is 6.92 Å². The van der Waals surface area contributed by atoms with Gasteiger partial charge in [0.1, 0.15) is 5.75 Å². The maximum Gasteiger partial charge on any atom is 0.192 e. The Bertz CT molecular complexity index is 680. The summed E-state index contributed by atoms with van der Waals surface area (Å²) in [7, 11) is 1.59. The highest BCUT2D eigenvalue weighted by molar-refractivity contribution is 5.80. The molecule has 0 unspecified atom stereocenters. The molecule has 0 saturated heterocycles. The first-order valence-electron chi connectivity index (χ1n) is 5.74. The normalized spacial score (nSPS) is 10.3. The molecule has 2 aromatic rings. The largest absolute Gasteiger partial charge is 0.497 e. The second-order valence-electron chi connectivity index (χ2n) is 4.13. The van der Waals surface area contributed by atoms with Gasteiger partial charge >= 0.3 is 0 Å². The number of benzene rings is 1. The Labute approximate surface area is 105 Å². The van der Waals surface area contributed by atoms with Crippen LogP contribution in [0.3, 0.4) is 0 Å². The van der Waals surface area contributed by atoms with Crippen LogP contribution in [-0.2, 0) is 6.42 Å². The van der Waals surface area contributed by atoms with Crippen LogP contribution in [-0.4, -0.2) is 12.1 Å². The lowest BCUT2D eigenvalue weighted by atomic mass is 10.0. The van der Waals surface area contributed by atoms with Crippen molar-refractivity contribution in [1.82, 2.24) is 4.98 Å². The quantitative estimate of drug-likeness (QED) is 0.898. The van der Waals surface area contributed by atoms with Gasteiger partial charge < -0.3 is 9.72 Å². The van der Waals surface area contributed by atoms with Crippen LogP contribution in [0.4, 0.5) is 0 Å². The number of hydrogen-bond donors (Lipinski definition) is 1. The molecule has 1 aromatic heterocycles. The molecule has 0 aliphatic rings. The molecule has 0 amide bonds. The fraction of sp³-hybridized carbons (Fsp3) is 0.286. The third kappa shape index (κ3) is 2.07. The van der Waals surface area contributed by atoms with Gasteiger partial charge in [-0.1, -0.05) is 0 Å². The number of hydrogen-bond acceptors (Lipinski definition) is 3. The van der Waals surface area contributed by atoms with E-state index in [1.165, 1.54) is 0 Å². The molecule has 4 nitrogen and oxygen atoms in total. The zero-order chi connectivity index (χ0) is 13.1. The zero-order valence-corrected chi connectivity index (χ0v) is 10.4.